The highest BCUT2D eigenvalue weighted by molar-refractivity contribution is 7.27. The average molecular weight is 708 g/mol. The van der Waals surface area contributed by atoms with Gasteiger partial charge in [-0.05, 0) is 98.5 Å². The predicted molar refractivity (Wildman–Crippen MR) is 230 cm³/mol. The lowest BCUT2D eigenvalue weighted by Gasteiger charge is -2.26. The topological polar surface area (TPSA) is 16.4 Å². The Morgan fingerprint density at radius 3 is 2.00 bits per heavy atom. The first-order chi connectivity index (χ1) is 26.8. The summed E-state index contributed by atoms with van der Waals surface area (Å²) in [5, 5.41) is 9.86. The number of nitrogens with zero attached hydrogens (tertiary/aromatic N) is 1. The van der Waals surface area contributed by atoms with E-state index in [1.165, 1.54) is 64.1 Å². The highest BCUT2D eigenvalue weighted by Crippen LogP contribution is 2.57. The standard InChI is InChI=1S/C51H33NOS/c1-3-13-38-32(9-1)22-27-47-49(38)44-30-37(25-28-46(44)53-47)52(45-18-8-17-42-43-26-21-33-10-2-4-14-39(33)50(43)54-51(42)45)36-23-19-31(20-24-36)34-11-7-12-35(29-34)48-40-15-5-6-16-41(40)48/h1-30,40-41,48H. The van der Waals surface area contributed by atoms with Gasteiger partial charge < -0.3 is 9.32 Å². The molecule has 0 spiro atoms. The van der Waals surface area contributed by atoms with Crippen molar-refractivity contribution in [3.8, 4) is 11.1 Å². The number of thiophene rings is 1. The molecule has 0 saturated heterocycles. The number of fused-ring (bicyclic) bond motifs is 11. The number of furan rings is 1. The maximum atomic E-state index is 6.46. The van der Waals surface area contributed by atoms with Gasteiger partial charge in [0.15, 0.2) is 0 Å². The van der Waals surface area contributed by atoms with Gasteiger partial charge in [0.2, 0.25) is 0 Å². The number of hydrogen-bond acceptors (Lipinski definition) is 3. The first-order valence-electron chi connectivity index (χ1n) is 18.8. The summed E-state index contributed by atoms with van der Waals surface area (Å²) in [5.41, 5.74) is 9.11. The van der Waals surface area contributed by atoms with Crippen molar-refractivity contribution >= 4 is 92.1 Å². The summed E-state index contributed by atoms with van der Waals surface area (Å²) in [6.07, 6.45) is 9.15. The molecule has 10 aromatic rings. The second-order valence-corrected chi connectivity index (χ2v) is 15.8. The molecule has 2 aliphatic rings. The largest absolute Gasteiger partial charge is 0.456 e. The average Bonchev–Trinajstić information content (AvgIpc) is 3.65. The molecule has 254 valence electrons. The van der Waals surface area contributed by atoms with Crippen LogP contribution >= 0.6 is 11.3 Å². The van der Waals surface area contributed by atoms with Crippen LogP contribution in [-0.2, 0) is 0 Å². The maximum absolute atomic E-state index is 6.46. The molecule has 1 fully saturated rings. The van der Waals surface area contributed by atoms with E-state index in [2.05, 4.69) is 187 Å². The molecule has 0 amide bonds. The second kappa shape index (κ2) is 11.5. The summed E-state index contributed by atoms with van der Waals surface area (Å²) in [4.78, 5) is 2.44. The summed E-state index contributed by atoms with van der Waals surface area (Å²) in [6.45, 7) is 0. The van der Waals surface area contributed by atoms with Crippen molar-refractivity contribution in [1.82, 2.24) is 0 Å². The summed E-state index contributed by atoms with van der Waals surface area (Å²) >= 11 is 1.89. The van der Waals surface area contributed by atoms with E-state index >= 15 is 0 Å². The SMILES string of the molecule is C1=CC2C(C=C1)C2c1cccc(-c2ccc(N(c3ccc4oc5ccc6ccccc6c5c4c3)c3cccc4c3sc3c5ccccc5ccc43)cc2)c1. The Morgan fingerprint density at radius 2 is 1.15 bits per heavy atom. The zero-order valence-electron chi connectivity index (χ0n) is 29.3. The fourth-order valence-corrected chi connectivity index (χ4v) is 10.5. The van der Waals surface area contributed by atoms with Gasteiger partial charge in [-0.3, -0.25) is 0 Å². The Bertz CT molecular complexity index is 3180. The maximum Gasteiger partial charge on any atom is 0.136 e. The van der Waals surface area contributed by atoms with E-state index < -0.39 is 0 Å². The molecule has 12 rings (SSSR count). The number of anilines is 3. The Hall–Kier alpha value is -6.42. The van der Waals surface area contributed by atoms with Crippen LogP contribution in [0.1, 0.15) is 11.5 Å². The third-order valence-corrected chi connectivity index (χ3v) is 13.1. The van der Waals surface area contributed by atoms with Crippen LogP contribution in [0.15, 0.2) is 186 Å². The molecule has 3 heteroatoms. The Morgan fingerprint density at radius 1 is 0.463 bits per heavy atom. The summed E-state index contributed by atoms with van der Waals surface area (Å²) in [6, 6.07) is 58.0. The van der Waals surface area contributed by atoms with E-state index in [9.17, 15) is 0 Å². The highest BCUT2D eigenvalue weighted by atomic mass is 32.1. The Balaban J connectivity index is 1.04. The van der Waals surface area contributed by atoms with Gasteiger partial charge in [-0.25, -0.2) is 0 Å². The normalized spacial score (nSPS) is 17.7. The fourth-order valence-electron chi connectivity index (χ4n) is 9.20. The molecule has 0 N–H and O–H groups in total. The summed E-state index contributed by atoms with van der Waals surface area (Å²) in [5.74, 6) is 1.86. The summed E-state index contributed by atoms with van der Waals surface area (Å²) in [7, 11) is 0. The van der Waals surface area contributed by atoms with Gasteiger partial charge in [-0.1, -0.05) is 140 Å². The molecule has 0 aliphatic heterocycles. The molecule has 2 heterocycles. The van der Waals surface area contributed by atoms with Crippen molar-refractivity contribution in [2.24, 2.45) is 11.8 Å². The van der Waals surface area contributed by atoms with Gasteiger partial charge in [0, 0.05) is 37.6 Å². The highest BCUT2D eigenvalue weighted by Gasteiger charge is 2.48. The third-order valence-electron chi connectivity index (χ3n) is 11.9. The zero-order valence-corrected chi connectivity index (χ0v) is 30.1. The molecule has 2 atom stereocenters. The van der Waals surface area contributed by atoms with Crippen molar-refractivity contribution in [3.63, 3.8) is 0 Å². The van der Waals surface area contributed by atoms with Crippen LogP contribution in [0.2, 0.25) is 0 Å². The van der Waals surface area contributed by atoms with Crippen molar-refractivity contribution in [2.75, 3.05) is 4.90 Å². The van der Waals surface area contributed by atoms with E-state index in [4.69, 9.17) is 4.42 Å². The molecule has 2 aromatic heterocycles. The first-order valence-corrected chi connectivity index (χ1v) is 19.6. The van der Waals surface area contributed by atoms with E-state index in [1.807, 2.05) is 11.3 Å². The van der Waals surface area contributed by atoms with E-state index in [0.717, 1.165) is 33.3 Å². The van der Waals surface area contributed by atoms with Crippen LogP contribution in [-0.4, -0.2) is 0 Å². The zero-order chi connectivity index (χ0) is 35.3. The van der Waals surface area contributed by atoms with Crippen molar-refractivity contribution in [1.29, 1.82) is 0 Å². The molecular weight excluding hydrogens is 675 g/mol. The van der Waals surface area contributed by atoms with E-state index in [0.29, 0.717) is 17.8 Å². The fraction of sp³-hybridized carbons (Fsp3) is 0.0588. The lowest BCUT2D eigenvalue weighted by molar-refractivity contribution is 0.669. The molecule has 8 aromatic carbocycles. The monoisotopic (exact) mass is 707 g/mol. The number of hydrogen-bond donors (Lipinski definition) is 0. The quantitative estimate of drug-likeness (QED) is 0.177. The first kappa shape index (κ1) is 30.1. The number of rotatable bonds is 5. The molecule has 2 aliphatic carbocycles. The molecule has 0 radical (unpaired) electrons. The van der Waals surface area contributed by atoms with Gasteiger partial charge in [-0.2, -0.15) is 0 Å². The van der Waals surface area contributed by atoms with E-state index in [-0.39, 0.29) is 0 Å². The molecule has 54 heavy (non-hydrogen) atoms. The van der Waals surface area contributed by atoms with Gasteiger partial charge in [0.1, 0.15) is 11.2 Å². The predicted octanol–water partition coefficient (Wildman–Crippen LogP) is 14.9. The van der Waals surface area contributed by atoms with E-state index in [1.54, 1.807) is 0 Å². The van der Waals surface area contributed by atoms with Crippen LogP contribution in [0, 0.1) is 11.8 Å². The summed E-state index contributed by atoms with van der Waals surface area (Å²) < 4.78 is 9.06. The number of allylic oxidation sites excluding steroid dienone is 4. The van der Waals surface area contributed by atoms with Gasteiger partial charge in [-0.15, -0.1) is 11.3 Å². The minimum Gasteiger partial charge on any atom is -0.456 e. The molecule has 1 saturated carbocycles. The lowest BCUT2D eigenvalue weighted by atomic mass is 9.99. The van der Waals surface area contributed by atoms with Crippen molar-refractivity contribution < 1.29 is 4.42 Å². The van der Waals surface area contributed by atoms with Crippen LogP contribution in [0.4, 0.5) is 17.1 Å². The molecular formula is C51H33NOS. The second-order valence-electron chi connectivity index (χ2n) is 14.8. The van der Waals surface area contributed by atoms with Gasteiger partial charge in [0.25, 0.3) is 0 Å². The van der Waals surface area contributed by atoms with Gasteiger partial charge >= 0.3 is 0 Å². The third kappa shape index (κ3) is 4.52. The van der Waals surface area contributed by atoms with Crippen LogP contribution in [0.25, 0.3) is 74.8 Å². The lowest BCUT2D eigenvalue weighted by Crippen LogP contribution is -2.10. The smallest absolute Gasteiger partial charge is 0.136 e. The Kier molecular flexibility index (Phi) is 6.43. The minimum atomic E-state index is 0.583. The minimum absolute atomic E-state index is 0.583. The molecule has 2 nitrogen and oxygen atoms in total. The van der Waals surface area contributed by atoms with Crippen molar-refractivity contribution in [2.45, 2.75) is 5.92 Å². The van der Waals surface area contributed by atoms with Crippen LogP contribution < -0.4 is 4.90 Å². The van der Waals surface area contributed by atoms with Crippen molar-refractivity contribution in [3.05, 3.63) is 188 Å². The number of benzene rings is 8. The molecule has 2 unspecified atom stereocenters. The van der Waals surface area contributed by atoms with Gasteiger partial charge in [0.05, 0.1) is 10.4 Å². The van der Waals surface area contributed by atoms with Crippen LogP contribution in [0.5, 0.6) is 0 Å². The molecule has 0 bridgehead atoms. The Labute approximate surface area is 316 Å². The van der Waals surface area contributed by atoms with Crippen LogP contribution in [0.3, 0.4) is 0 Å².